The largest absolute Gasteiger partial charge is 0.459 e. The molecule has 2 aliphatic rings. The number of amides is 1. The van der Waals surface area contributed by atoms with Crippen LogP contribution in [0.4, 0.5) is 0 Å². The zero-order valence-corrected chi connectivity index (χ0v) is 22.0. The average molecular weight is 559 g/mol. The van der Waals surface area contributed by atoms with Gasteiger partial charge in [-0.2, -0.15) is 0 Å². The van der Waals surface area contributed by atoms with E-state index in [9.17, 15) is 19.2 Å². The first kappa shape index (κ1) is 25.4. The summed E-state index contributed by atoms with van der Waals surface area (Å²) in [7, 11) is 0. The first-order valence-electron chi connectivity index (χ1n) is 12.5. The van der Waals surface area contributed by atoms with Gasteiger partial charge in [-0.3, -0.25) is 19.7 Å². The summed E-state index contributed by atoms with van der Waals surface area (Å²) in [4.78, 5) is 56.6. The molecular weight excluding hydrogens is 536 g/mol. The minimum absolute atomic E-state index is 0.0190. The number of carbonyl (C=O) groups is 3. The number of carbonyl (C=O) groups excluding carboxylic acids is 3. The number of hydrogen-bond donors (Lipinski definition) is 2. The number of esters is 2. The van der Waals surface area contributed by atoms with Gasteiger partial charge < -0.3 is 23.8 Å². The number of nitrogens with one attached hydrogen (secondary N) is 2. The fraction of sp³-hybridized carbons (Fsp3) is 0.214. The molecule has 0 bridgehead atoms. The maximum atomic E-state index is 13.6. The third-order valence-electron chi connectivity index (χ3n) is 7.04. The van der Waals surface area contributed by atoms with Crippen molar-refractivity contribution in [3.63, 3.8) is 0 Å². The second-order valence-electron chi connectivity index (χ2n) is 9.35. The van der Waals surface area contributed by atoms with Crippen molar-refractivity contribution < 1.29 is 28.3 Å². The Morgan fingerprint density at radius 3 is 2.77 bits per heavy atom. The van der Waals surface area contributed by atoms with Crippen molar-refractivity contribution >= 4 is 46.1 Å². The Kier molecular flexibility index (Phi) is 6.18. The van der Waals surface area contributed by atoms with E-state index in [2.05, 4.69) is 10.6 Å². The summed E-state index contributed by atoms with van der Waals surface area (Å²) in [5, 5.41) is 5.78. The van der Waals surface area contributed by atoms with Crippen molar-refractivity contribution in [1.29, 1.82) is 0 Å². The highest BCUT2D eigenvalue weighted by molar-refractivity contribution is 7.80. The monoisotopic (exact) mass is 558 g/mol. The van der Waals surface area contributed by atoms with Gasteiger partial charge in [-0.15, -0.1) is 0 Å². The molecule has 202 valence electrons. The van der Waals surface area contributed by atoms with E-state index in [1.807, 2.05) is 30.3 Å². The van der Waals surface area contributed by atoms with Crippen LogP contribution in [0.1, 0.15) is 40.6 Å². The van der Waals surface area contributed by atoms with Crippen molar-refractivity contribution in [3.8, 4) is 11.4 Å². The van der Waals surface area contributed by atoms with E-state index < -0.39 is 30.0 Å². The molecule has 3 aromatic heterocycles. The number of para-hydroxylation sites is 1. The lowest BCUT2D eigenvalue weighted by Gasteiger charge is -2.35. The molecule has 0 spiro atoms. The van der Waals surface area contributed by atoms with Crippen LogP contribution in [0.15, 0.2) is 64.0 Å². The zero-order valence-electron chi connectivity index (χ0n) is 21.2. The second kappa shape index (κ2) is 9.72. The van der Waals surface area contributed by atoms with Crippen molar-refractivity contribution in [3.05, 3.63) is 87.6 Å². The summed E-state index contributed by atoms with van der Waals surface area (Å²) >= 11 is 5.08. The SMILES string of the molecule is CC[C@@]1(OC(=O)CNC(=S)NC(=O)c2ccco2)C(=O)OCc2c1cc1n(c2=O)Cc2cc3ccccc3nc2-1. The van der Waals surface area contributed by atoms with Crippen molar-refractivity contribution in [2.24, 2.45) is 0 Å². The fourth-order valence-electron chi connectivity index (χ4n) is 5.08. The van der Waals surface area contributed by atoms with Crippen molar-refractivity contribution in [2.75, 3.05) is 6.54 Å². The Morgan fingerprint density at radius 1 is 1.18 bits per heavy atom. The molecule has 0 unspecified atom stereocenters. The van der Waals surface area contributed by atoms with Crippen LogP contribution in [0, 0.1) is 0 Å². The van der Waals surface area contributed by atoms with E-state index in [1.54, 1.807) is 23.6 Å². The molecule has 2 N–H and O–H groups in total. The molecule has 12 heteroatoms. The summed E-state index contributed by atoms with van der Waals surface area (Å²) in [6, 6.07) is 14.3. The Hall–Kier alpha value is -4.84. The smallest absolute Gasteiger partial charge is 0.355 e. The van der Waals surface area contributed by atoms with Gasteiger partial charge in [-0.1, -0.05) is 25.1 Å². The maximum absolute atomic E-state index is 13.6. The second-order valence-corrected chi connectivity index (χ2v) is 9.76. The molecule has 0 saturated heterocycles. The van der Waals surface area contributed by atoms with Crippen LogP contribution in [0.2, 0.25) is 0 Å². The van der Waals surface area contributed by atoms with Crippen LogP contribution in [0.3, 0.4) is 0 Å². The molecule has 1 atom stereocenters. The summed E-state index contributed by atoms with van der Waals surface area (Å²) in [6.07, 6.45) is 1.36. The van der Waals surface area contributed by atoms with Gasteiger partial charge in [0, 0.05) is 16.5 Å². The topological polar surface area (TPSA) is 142 Å². The van der Waals surface area contributed by atoms with E-state index in [-0.39, 0.29) is 40.6 Å². The van der Waals surface area contributed by atoms with Gasteiger partial charge in [0.15, 0.2) is 10.9 Å². The standard InChI is InChI=1S/C28H22N4O7S/c1-2-28(39-22(33)12-29-27(40)31-24(34)21-8-5-9-37-21)18-11-20-23-16(10-15-6-3-4-7-19(15)30-23)13-32(20)25(35)17(18)14-38-26(28)36/h3-11H,2,12-14H2,1H3,(H2,29,31,34,40)/t28-/m0/s1. The Morgan fingerprint density at radius 2 is 2.00 bits per heavy atom. The van der Waals surface area contributed by atoms with Gasteiger partial charge in [0.2, 0.25) is 5.60 Å². The quantitative estimate of drug-likeness (QED) is 0.244. The number of furan rings is 1. The van der Waals surface area contributed by atoms with E-state index in [0.29, 0.717) is 17.9 Å². The Labute approximate surface area is 232 Å². The number of ether oxygens (including phenoxy) is 2. The molecule has 0 saturated carbocycles. The third kappa shape index (κ3) is 4.13. The summed E-state index contributed by atoms with van der Waals surface area (Å²) in [6.45, 7) is 1.30. The molecule has 0 fully saturated rings. The van der Waals surface area contributed by atoms with Crippen LogP contribution in [0.25, 0.3) is 22.3 Å². The highest BCUT2D eigenvalue weighted by Gasteiger charge is 2.50. The molecule has 4 aromatic rings. The molecule has 5 heterocycles. The number of thiocarbonyl (C=S) groups is 1. The van der Waals surface area contributed by atoms with Gasteiger partial charge in [0.1, 0.15) is 13.2 Å². The number of rotatable bonds is 5. The summed E-state index contributed by atoms with van der Waals surface area (Å²) < 4.78 is 17.7. The number of cyclic esters (lactones) is 1. The van der Waals surface area contributed by atoms with Gasteiger partial charge in [-0.05, 0) is 49.0 Å². The molecule has 40 heavy (non-hydrogen) atoms. The molecule has 0 radical (unpaired) electrons. The molecular formula is C28H22N4O7S. The molecule has 11 nitrogen and oxygen atoms in total. The van der Waals surface area contributed by atoms with Crippen molar-refractivity contribution in [2.45, 2.75) is 32.1 Å². The third-order valence-corrected chi connectivity index (χ3v) is 7.28. The van der Waals surface area contributed by atoms with Crippen LogP contribution in [0.5, 0.6) is 0 Å². The zero-order chi connectivity index (χ0) is 28.0. The maximum Gasteiger partial charge on any atom is 0.355 e. The van der Waals surface area contributed by atoms with E-state index in [1.165, 1.54) is 12.3 Å². The molecule has 0 aliphatic carbocycles. The fourth-order valence-corrected chi connectivity index (χ4v) is 5.25. The van der Waals surface area contributed by atoms with E-state index >= 15 is 0 Å². The first-order chi connectivity index (χ1) is 19.3. The minimum Gasteiger partial charge on any atom is -0.459 e. The summed E-state index contributed by atoms with van der Waals surface area (Å²) in [5.41, 5.74) is 1.14. The summed E-state index contributed by atoms with van der Waals surface area (Å²) in [5.74, 6) is -2.17. The minimum atomic E-state index is -1.85. The van der Waals surface area contributed by atoms with E-state index in [0.717, 1.165) is 16.5 Å². The number of fused-ring (bicyclic) bond motifs is 5. The van der Waals surface area contributed by atoms with Gasteiger partial charge in [-0.25, -0.2) is 9.78 Å². The van der Waals surface area contributed by atoms with Crippen LogP contribution in [-0.4, -0.2) is 39.1 Å². The van der Waals surface area contributed by atoms with Gasteiger partial charge in [0.05, 0.1) is 35.3 Å². The number of pyridine rings is 2. The Balaban J connectivity index is 1.29. The van der Waals surface area contributed by atoms with Crippen LogP contribution >= 0.6 is 12.2 Å². The number of aromatic nitrogens is 2. The lowest BCUT2D eigenvalue weighted by molar-refractivity contribution is -0.188. The molecule has 1 aromatic carbocycles. The first-order valence-corrected chi connectivity index (χ1v) is 12.9. The highest BCUT2D eigenvalue weighted by atomic mass is 32.1. The van der Waals surface area contributed by atoms with Crippen molar-refractivity contribution in [1.82, 2.24) is 20.2 Å². The number of nitrogens with zero attached hydrogens (tertiary/aromatic N) is 2. The molecule has 2 aliphatic heterocycles. The lowest BCUT2D eigenvalue weighted by atomic mass is 9.85. The normalized spacial score (nSPS) is 16.9. The Bertz CT molecular complexity index is 1780. The van der Waals surface area contributed by atoms with Gasteiger partial charge in [0.25, 0.3) is 11.5 Å². The highest BCUT2D eigenvalue weighted by Crippen LogP contribution is 2.40. The molecule has 1 amide bonds. The number of benzene rings is 1. The average Bonchev–Trinajstić information content (AvgIpc) is 3.61. The van der Waals surface area contributed by atoms with Gasteiger partial charge >= 0.3 is 11.9 Å². The van der Waals surface area contributed by atoms with Crippen LogP contribution < -0.4 is 16.2 Å². The lowest BCUT2D eigenvalue weighted by Crippen LogP contribution is -2.49. The predicted octanol–water partition coefficient (Wildman–Crippen LogP) is 2.53. The predicted molar refractivity (Wildman–Crippen MR) is 145 cm³/mol. The number of hydrogen-bond acceptors (Lipinski definition) is 9. The van der Waals surface area contributed by atoms with E-state index in [4.69, 9.17) is 31.1 Å². The molecule has 6 rings (SSSR count). The van der Waals surface area contributed by atoms with Crippen LogP contribution in [-0.2, 0) is 37.8 Å².